The van der Waals surface area contributed by atoms with Crippen LogP contribution in [0.2, 0.25) is 0 Å². The van der Waals surface area contributed by atoms with E-state index in [2.05, 4.69) is 4.98 Å². The molecule has 0 fully saturated rings. The topological polar surface area (TPSA) is 68.5 Å². The number of nitrogens with zero attached hydrogens (tertiary/aromatic N) is 2. The lowest BCUT2D eigenvalue weighted by molar-refractivity contribution is 0.0512. The largest absolute Gasteiger partial charge is 0.461 e. The molecular weight excluding hydrogens is 214 g/mol. The van der Waals surface area contributed by atoms with Crippen molar-refractivity contribution in [1.29, 1.82) is 0 Å². The number of nitrogen functional groups attached to an aromatic ring is 1. The van der Waals surface area contributed by atoms with Crippen LogP contribution >= 0.6 is 11.3 Å². The molecule has 0 amide bonds. The summed E-state index contributed by atoms with van der Waals surface area (Å²) in [5.74, 6) is -0.148. The van der Waals surface area contributed by atoms with Gasteiger partial charge in [-0.15, -0.1) is 0 Å². The summed E-state index contributed by atoms with van der Waals surface area (Å²) in [5.41, 5.74) is 5.62. The molecule has 84 valence electrons. The number of rotatable bonds is 4. The molecule has 0 aliphatic rings. The Morgan fingerprint density at radius 1 is 1.60 bits per heavy atom. The fourth-order valence-corrected chi connectivity index (χ4v) is 1.72. The number of esters is 1. The van der Waals surface area contributed by atoms with Gasteiger partial charge >= 0.3 is 5.97 Å². The molecule has 0 atom stereocenters. The lowest BCUT2D eigenvalue weighted by Gasteiger charge is -2.04. The van der Waals surface area contributed by atoms with Gasteiger partial charge in [-0.3, -0.25) is 0 Å². The minimum Gasteiger partial charge on any atom is -0.461 e. The fraction of sp³-hybridized carbons (Fsp3) is 0.556. The number of ether oxygens (including phenoxy) is 1. The number of nitrogens with two attached hydrogens (primary N) is 1. The second-order valence-corrected chi connectivity index (χ2v) is 4.22. The second kappa shape index (κ2) is 4.97. The zero-order chi connectivity index (χ0) is 11.4. The molecule has 15 heavy (non-hydrogen) atoms. The number of thiazole rings is 1. The van der Waals surface area contributed by atoms with E-state index in [-0.39, 0.29) is 11.8 Å². The van der Waals surface area contributed by atoms with E-state index in [1.807, 2.05) is 21.0 Å². The van der Waals surface area contributed by atoms with Gasteiger partial charge in [0.2, 0.25) is 0 Å². The fourth-order valence-electron chi connectivity index (χ4n) is 0.918. The Balaban J connectivity index is 2.80. The maximum absolute atomic E-state index is 11.5. The third kappa shape index (κ3) is 2.82. The van der Waals surface area contributed by atoms with Crippen molar-refractivity contribution in [2.45, 2.75) is 13.3 Å². The molecule has 0 aliphatic heterocycles. The Morgan fingerprint density at radius 2 is 2.27 bits per heavy atom. The summed E-state index contributed by atoms with van der Waals surface area (Å²) in [6.07, 6.45) is 0.797. The Morgan fingerprint density at radius 3 is 2.73 bits per heavy atom. The lowest BCUT2D eigenvalue weighted by atomic mass is 10.5. The van der Waals surface area contributed by atoms with Gasteiger partial charge < -0.3 is 15.4 Å². The van der Waals surface area contributed by atoms with Crippen LogP contribution < -0.4 is 10.6 Å². The smallest absolute Gasteiger partial charge is 0.352 e. The van der Waals surface area contributed by atoms with Crippen LogP contribution in [0, 0.1) is 0 Å². The number of aromatic nitrogens is 1. The quantitative estimate of drug-likeness (QED) is 0.789. The van der Waals surface area contributed by atoms with E-state index >= 15 is 0 Å². The van der Waals surface area contributed by atoms with Crippen molar-refractivity contribution in [2.24, 2.45) is 0 Å². The van der Waals surface area contributed by atoms with Gasteiger partial charge in [-0.2, -0.15) is 0 Å². The van der Waals surface area contributed by atoms with Crippen LogP contribution in [0.3, 0.4) is 0 Å². The van der Waals surface area contributed by atoms with E-state index in [1.165, 1.54) is 11.3 Å². The van der Waals surface area contributed by atoms with Crippen molar-refractivity contribution >= 4 is 28.3 Å². The number of hydrogen-bond donors (Lipinski definition) is 1. The van der Waals surface area contributed by atoms with Crippen LogP contribution in [0.4, 0.5) is 10.9 Å². The lowest BCUT2D eigenvalue weighted by Crippen LogP contribution is -2.07. The van der Waals surface area contributed by atoms with Crippen LogP contribution in [0.5, 0.6) is 0 Å². The minimum absolute atomic E-state index is 0.241. The summed E-state index contributed by atoms with van der Waals surface area (Å²) < 4.78 is 4.98. The molecule has 1 aromatic heterocycles. The predicted molar refractivity (Wildman–Crippen MR) is 61.4 cm³/mol. The first-order valence-corrected chi connectivity index (χ1v) is 5.48. The van der Waals surface area contributed by atoms with Crippen LogP contribution in [-0.4, -0.2) is 31.7 Å². The van der Waals surface area contributed by atoms with Crippen molar-refractivity contribution in [3.63, 3.8) is 0 Å². The van der Waals surface area contributed by atoms with Gasteiger partial charge in [0.25, 0.3) is 0 Å². The highest BCUT2D eigenvalue weighted by molar-refractivity contribution is 7.18. The highest BCUT2D eigenvalue weighted by Crippen LogP contribution is 2.27. The molecule has 6 heteroatoms. The van der Waals surface area contributed by atoms with Gasteiger partial charge in [-0.1, -0.05) is 18.3 Å². The Bertz CT molecular complexity index is 349. The van der Waals surface area contributed by atoms with Gasteiger partial charge in [0.05, 0.1) is 6.61 Å². The van der Waals surface area contributed by atoms with E-state index in [0.29, 0.717) is 16.6 Å². The van der Waals surface area contributed by atoms with Gasteiger partial charge in [-0.25, -0.2) is 9.78 Å². The molecule has 5 nitrogen and oxygen atoms in total. The van der Waals surface area contributed by atoms with Crippen molar-refractivity contribution in [3.8, 4) is 0 Å². The highest BCUT2D eigenvalue weighted by Gasteiger charge is 2.17. The molecule has 0 saturated carbocycles. The molecule has 0 radical (unpaired) electrons. The van der Waals surface area contributed by atoms with E-state index in [0.717, 1.165) is 6.42 Å². The summed E-state index contributed by atoms with van der Waals surface area (Å²) in [5, 5.41) is 0.705. The minimum atomic E-state index is -0.389. The average molecular weight is 229 g/mol. The maximum Gasteiger partial charge on any atom is 0.352 e. The zero-order valence-corrected chi connectivity index (χ0v) is 9.93. The molecule has 0 spiro atoms. The van der Waals surface area contributed by atoms with Crippen molar-refractivity contribution in [2.75, 3.05) is 31.3 Å². The average Bonchev–Trinajstić information content (AvgIpc) is 2.57. The first kappa shape index (κ1) is 11.8. The summed E-state index contributed by atoms with van der Waals surface area (Å²) in [6, 6.07) is 0. The van der Waals surface area contributed by atoms with E-state index in [1.54, 1.807) is 4.90 Å². The Hall–Kier alpha value is -1.30. The molecule has 0 aromatic carbocycles. The standard InChI is InChI=1S/C9H15N3O2S/c1-4-5-14-8(13)6-7(10)11-9(15-6)12(2)3/h4-5,10H2,1-3H3. The van der Waals surface area contributed by atoms with Crippen LogP contribution in [-0.2, 0) is 4.74 Å². The number of carbonyl (C=O) groups excluding carboxylic acids is 1. The van der Waals surface area contributed by atoms with E-state index < -0.39 is 0 Å². The SMILES string of the molecule is CCCOC(=O)c1sc(N(C)C)nc1N. The van der Waals surface area contributed by atoms with Crippen LogP contribution in [0.1, 0.15) is 23.0 Å². The van der Waals surface area contributed by atoms with Gasteiger partial charge in [0.15, 0.2) is 15.8 Å². The van der Waals surface area contributed by atoms with E-state index in [4.69, 9.17) is 10.5 Å². The van der Waals surface area contributed by atoms with E-state index in [9.17, 15) is 4.79 Å². The molecule has 0 saturated heterocycles. The third-order valence-corrected chi connectivity index (χ3v) is 2.87. The highest BCUT2D eigenvalue weighted by atomic mass is 32.1. The summed E-state index contributed by atoms with van der Waals surface area (Å²) in [6.45, 7) is 2.35. The van der Waals surface area contributed by atoms with Gasteiger partial charge in [0, 0.05) is 14.1 Å². The molecule has 1 aromatic rings. The molecule has 2 N–H and O–H groups in total. The van der Waals surface area contributed by atoms with Crippen LogP contribution in [0.15, 0.2) is 0 Å². The van der Waals surface area contributed by atoms with Gasteiger partial charge in [-0.05, 0) is 6.42 Å². The first-order chi connectivity index (χ1) is 7.06. The number of carbonyl (C=O) groups is 1. The van der Waals surface area contributed by atoms with Gasteiger partial charge in [0.1, 0.15) is 0 Å². The summed E-state index contributed by atoms with van der Waals surface area (Å²) in [4.78, 5) is 17.8. The van der Waals surface area contributed by atoms with Crippen LogP contribution in [0.25, 0.3) is 0 Å². The van der Waals surface area contributed by atoms with Crippen molar-refractivity contribution < 1.29 is 9.53 Å². The zero-order valence-electron chi connectivity index (χ0n) is 9.11. The molecular formula is C9H15N3O2S. The normalized spacial score (nSPS) is 10.1. The Labute approximate surface area is 92.9 Å². The third-order valence-electron chi connectivity index (χ3n) is 1.65. The number of anilines is 2. The monoisotopic (exact) mass is 229 g/mol. The van der Waals surface area contributed by atoms with Crippen molar-refractivity contribution in [1.82, 2.24) is 4.98 Å². The molecule has 0 aliphatic carbocycles. The van der Waals surface area contributed by atoms with Crippen molar-refractivity contribution in [3.05, 3.63) is 4.88 Å². The maximum atomic E-state index is 11.5. The molecule has 1 rings (SSSR count). The first-order valence-electron chi connectivity index (χ1n) is 4.67. The summed E-state index contributed by atoms with van der Waals surface area (Å²) in [7, 11) is 3.69. The Kier molecular flexibility index (Phi) is 3.90. The number of hydrogen-bond acceptors (Lipinski definition) is 6. The molecule has 0 bridgehead atoms. The summed E-state index contributed by atoms with van der Waals surface area (Å²) >= 11 is 1.24. The predicted octanol–water partition coefficient (Wildman–Crippen LogP) is 1.36. The molecule has 1 heterocycles. The molecule has 0 unspecified atom stereocenters. The second-order valence-electron chi connectivity index (χ2n) is 3.24.